The van der Waals surface area contributed by atoms with Crippen molar-refractivity contribution in [2.45, 2.75) is 0 Å². The van der Waals surface area contributed by atoms with E-state index in [1.165, 1.54) is 11.3 Å². The molecule has 5 nitrogen and oxygen atoms in total. The summed E-state index contributed by atoms with van der Waals surface area (Å²) < 4.78 is 16.8. The van der Waals surface area contributed by atoms with Crippen LogP contribution < -0.4 is 9.47 Å². The number of carbonyl (C=O) groups excluding carboxylic acids is 1. The van der Waals surface area contributed by atoms with E-state index in [0.717, 1.165) is 10.1 Å². The van der Waals surface area contributed by atoms with Crippen molar-refractivity contribution < 1.29 is 19.0 Å². The summed E-state index contributed by atoms with van der Waals surface area (Å²) in [6.45, 7) is 2.32. The molecule has 1 aromatic carbocycles. The second-order valence-corrected chi connectivity index (χ2v) is 6.28. The molecule has 1 saturated heterocycles. The van der Waals surface area contributed by atoms with Crippen LogP contribution in [0.25, 0.3) is 10.1 Å². The summed E-state index contributed by atoms with van der Waals surface area (Å²) in [6, 6.07) is 3.66. The van der Waals surface area contributed by atoms with Crippen molar-refractivity contribution in [2.75, 3.05) is 40.5 Å². The Bertz CT molecular complexity index is 709. The van der Waals surface area contributed by atoms with Crippen LogP contribution in [0.1, 0.15) is 9.67 Å². The SMILES string of the molecule is COc1cc2sc(C(=O)N3CCOCC3)c(Cl)c2cc1OC. The molecule has 22 heavy (non-hydrogen) atoms. The molecule has 118 valence electrons. The minimum atomic E-state index is -0.0487. The zero-order chi connectivity index (χ0) is 15.7. The average Bonchev–Trinajstić information content (AvgIpc) is 2.89. The van der Waals surface area contributed by atoms with E-state index < -0.39 is 0 Å². The van der Waals surface area contributed by atoms with Gasteiger partial charge in [-0.1, -0.05) is 11.6 Å². The van der Waals surface area contributed by atoms with Gasteiger partial charge < -0.3 is 19.1 Å². The monoisotopic (exact) mass is 341 g/mol. The molecule has 1 aromatic heterocycles. The smallest absolute Gasteiger partial charge is 0.265 e. The summed E-state index contributed by atoms with van der Waals surface area (Å²) in [6.07, 6.45) is 0. The van der Waals surface area contributed by atoms with Gasteiger partial charge in [0, 0.05) is 29.2 Å². The Morgan fingerprint density at radius 1 is 1.23 bits per heavy atom. The Morgan fingerprint density at radius 2 is 1.86 bits per heavy atom. The molecule has 0 saturated carbocycles. The summed E-state index contributed by atoms with van der Waals surface area (Å²) in [5.74, 6) is 1.17. The van der Waals surface area contributed by atoms with Crippen LogP contribution in [0.4, 0.5) is 0 Å². The lowest BCUT2D eigenvalue weighted by atomic mass is 10.2. The molecular formula is C15H16ClNO4S. The Morgan fingerprint density at radius 3 is 2.50 bits per heavy atom. The van der Waals surface area contributed by atoms with Crippen LogP contribution in [0.2, 0.25) is 5.02 Å². The van der Waals surface area contributed by atoms with Gasteiger partial charge in [0.1, 0.15) is 4.88 Å². The van der Waals surface area contributed by atoms with E-state index in [4.69, 9.17) is 25.8 Å². The van der Waals surface area contributed by atoms with Gasteiger partial charge in [-0.3, -0.25) is 4.79 Å². The van der Waals surface area contributed by atoms with Gasteiger partial charge in [0.2, 0.25) is 0 Å². The second kappa shape index (κ2) is 6.32. The van der Waals surface area contributed by atoms with Gasteiger partial charge in [0.25, 0.3) is 5.91 Å². The molecular weight excluding hydrogens is 326 g/mol. The van der Waals surface area contributed by atoms with Crippen molar-refractivity contribution in [3.63, 3.8) is 0 Å². The predicted octanol–water partition coefficient (Wildman–Crippen LogP) is 3.04. The fourth-order valence-corrected chi connectivity index (χ4v) is 3.92. The van der Waals surface area contributed by atoms with Crippen LogP contribution in [-0.4, -0.2) is 51.3 Å². The molecule has 7 heteroatoms. The lowest BCUT2D eigenvalue weighted by Gasteiger charge is -2.26. The standard InChI is InChI=1S/C15H16ClNO4S/c1-19-10-7-9-12(8-11(10)20-2)22-14(13(9)16)15(18)17-3-5-21-6-4-17/h7-8H,3-6H2,1-2H3. The van der Waals surface area contributed by atoms with Crippen molar-refractivity contribution in [2.24, 2.45) is 0 Å². The first-order chi connectivity index (χ1) is 10.7. The normalized spacial score (nSPS) is 15.1. The van der Waals surface area contributed by atoms with Gasteiger partial charge in [-0.25, -0.2) is 0 Å². The topological polar surface area (TPSA) is 48.0 Å². The van der Waals surface area contributed by atoms with E-state index in [1.54, 1.807) is 19.1 Å². The average molecular weight is 342 g/mol. The highest BCUT2D eigenvalue weighted by Gasteiger charge is 2.25. The van der Waals surface area contributed by atoms with E-state index in [9.17, 15) is 4.79 Å². The van der Waals surface area contributed by atoms with Gasteiger partial charge in [-0.2, -0.15) is 0 Å². The Kier molecular flexibility index (Phi) is 4.42. The molecule has 3 rings (SSSR count). The van der Waals surface area contributed by atoms with Crippen LogP contribution in [0, 0.1) is 0 Å². The molecule has 2 aromatic rings. The highest BCUT2D eigenvalue weighted by atomic mass is 35.5. The van der Waals surface area contributed by atoms with Crippen LogP contribution >= 0.6 is 22.9 Å². The molecule has 1 aliphatic rings. The molecule has 0 unspecified atom stereocenters. The first kappa shape index (κ1) is 15.4. The minimum absolute atomic E-state index is 0.0487. The van der Waals surface area contributed by atoms with Crippen molar-refractivity contribution in [1.29, 1.82) is 0 Å². The maximum absolute atomic E-state index is 12.6. The van der Waals surface area contributed by atoms with E-state index in [1.807, 2.05) is 12.1 Å². The molecule has 2 heterocycles. The number of fused-ring (bicyclic) bond motifs is 1. The minimum Gasteiger partial charge on any atom is -0.493 e. The molecule has 1 amide bonds. The van der Waals surface area contributed by atoms with E-state index >= 15 is 0 Å². The number of hydrogen-bond donors (Lipinski definition) is 0. The quantitative estimate of drug-likeness (QED) is 0.861. The largest absolute Gasteiger partial charge is 0.493 e. The molecule has 0 atom stereocenters. The first-order valence-corrected chi connectivity index (χ1v) is 8.06. The number of ether oxygens (including phenoxy) is 3. The van der Waals surface area contributed by atoms with Crippen LogP contribution in [0.3, 0.4) is 0 Å². The molecule has 1 aliphatic heterocycles. The summed E-state index contributed by atoms with van der Waals surface area (Å²) in [5.41, 5.74) is 0. The Labute approximate surface area is 137 Å². The number of halogens is 1. The maximum atomic E-state index is 12.6. The van der Waals surface area contributed by atoms with E-state index in [-0.39, 0.29) is 5.91 Å². The fraction of sp³-hybridized carbons (Fsp3) is 0.400. The van der Waals surface area contributed by atoms with Crippen molar-refractivity contribution in [3.8, 4) is 11.5 Å². The number of thiophene rings is 1. The number of benzene rings is 1. The van der Waals surface area contributed by atoms with E-state index in [0.29, 0.717) is 47.7 Å². The van der Waals surface area contributed by atoms with Gasteiger partial charge in [0.05, 0.1) is 32.5 Å². The van der Waals surface area contributed by atoms with Gasteiger partial charge >= 0.3 is 0 Å². The lowest BCUT2D eigenvalue weighted by Crippen LogP contribution is -2.40. The third-order valence-corrected chi connectivity index (χ3v) is 5.27. The maximum Gasteiger partial charge on any atom is 0.265 e. The van der Waals surface area contributed by atoms with Crippen molar-refractivity contribution in [3.05, 3.63) is 22.0 Å². The van der Waals surface area contributed by atoms with Crippen LogP contribution in [0.15, 0.2) is 12.1 Å². The van der Waals surface area contributed by atoms with Gasteiger partial charge in [-0.15, -0.1) is 11.3 Å². The molecule has 0 radical (unpaired) electrons. The molecule has 0 bridgehead atoms. The summed E-state index contributed by atoms with van der Waals surface area (Å²) >= 11 is 7.81. The number of morpholine rings is 1. The van der Waals surface area contributed by atoms with Gasteiger partial charge in [-0.05, 0) is 6.07 Å². The molecule has 1 fully saturated rings. The van der Waals surface area contributed by atoms with Gasteiger partial charge in [0.15, 0.2) is 11.5 Å². The molecule has 0 N–H and O–H groups in total. The molecule has 0 spiro atoms. The number of rotatable bonds is 3. The third-order valence-electron chi connectivity index (χ3n) is 3.63. The van der Waals surface area contributed by atoms with E-state index in [2.05, 4.69) is 0 Å². The molecule has 0 aliphatic carbocycles. The number of nitrogens with zero attached hydrogens (tertiary/aromatic N) is 1. The third kappa shape index (κ3) is 2.62. The summed E-state index contributed by atoms with van der Waals surface area (Å²) in [5, 5.41) is 1.28. The summed E-state index contributed by atoms with van der Waals surface area (Å²) in [7, 11) is 3.16. The second-order valence-electron chi connectivity index (χ2n) is 4.85. The zero-order valence-electron chi connectivity index (χ0n) is 12.3. The number of methoxy groups -OCH3 is 2. The van der Waals surface area contributed by atoms with Crippen molar-refractivity contribution in [1.82, 2.24) is 4.90 Å². The first-order valence-electron chi connectivity index (χ1n) is 6.86. The highest BCUT2D eigenvalue weighted by molar-refractivity contribution is 7.21. The Balaban J connectivity index is 2.03. The summed E-state index contributed by atoms with van der Waals surface area (Å²) in [4.78, 5) is 15.0. The van der Waals surface area contributed by atoms with Crippen molar-refractivity contribution >= 4 is 38.9 Å². The Hall–Kier alpha value is -1.50. The fourth-order valence-electron chi connectivity index (χ4n) is 2.44. The van der Waals surface area contributed by atoms with Crippen LogP contribution in [-0.2, 0) is 4.74 Å². The predicted molar refractivity (Wildman–Crippen MR) is 86.7 cm³/mol. The van der Waals surface area contributed by atoms with Crippen LogP contribution in [0.5, 0.6) is 11.5 Å². The highest BCUT2D eigenvalue weighted by Crippen LogP contribution is 2.42. The number of hydrogen-bond acceptors (Lipinski definition) is 5. The number of amides is 1. The zero-order valence-corrected chi connectivity index (χ0v) is 13.9. The lowest BCUT2D eigenvalue weighted by molar-refractivity contribution is 0.0306. The number of carbonyl (C=O) groups is 1.